The van der Waals surface area contributed by atoms with E-state index < -0.39 is 0 Å². The molecule has 0 unspecified atom stereocenters. The number of aromatic nitrogens is 4. The summed E-state index contributed by atoms with van der Waals surface area (Å²) in [6, 6.07) is 67.4. The number of para-hydroxylation sites is 2. The van der Waals surface area contributed by atoms with Crippen LogP contribution in [0.15, 0.2) is 199 Å². The highest BCUT2D eigenvalue weighted by atomic mass is 16.3. The first-order chi connectivity index (χ1) is 27.8. The largest absolute Gasteiger partial charge is 0.455 e. The molecule has 0 saturated heterocycles. The molecule has 0 bridgehead atoms. The Hall–Kier alpha value is -7.63. The van der Waals surface area contributed by atoms with Crippen molar-refractivity contribution in [2.75, 3.05) is 0 Å². The lowest BCUT2D eigenvalue weighted by atomic mass is 9.98. The summed E-state index contributed by atoms with van der Waals surface area (Å²) in [6.45, 7) is 0. The van der Waals surface area contributed by atoms with Crippen molar-refractivity contribution in [1.82, 2.24) is 19.5 Å². The Morgan fingerprint density at radius 1 is 0.375 bits per heavy atom. The van der Waals surface area contributed by atoms with Gasteiger partial charge in [-0.3, -0.25) is 0 Å². The molecular weight excluding hydrogens is 685 g/mol. The van der Waals surface area contributed by atoms with Crippen LogP contribution >= 0.6 is 0 Å². The van der Waals surface area contributed by atoms with Crippen LogP contribution in [-0.4, -0.2) is 19.5 Å². The zero-order chi connectivity index (χ0) is 37.0. The fourth-order valence-corrected chi connectivity index (χ4v) is 8.10. The molecule has 5 nitrogen and oxygen atoms in total. The number of nitrogens with zero attached hydrogens (tertiary/aromatic N) is 4. The molecule has 0 aliphatic rings. The highest BCUT2D eigenvalue weighted by Crippen LogP contribution is 2.45. The van der Waals surface area contributed by atoms with Gasteiger partial charge in [0.05, 0.1) is 16.7 Å². The van der Waals surface area contributed by atoms with Gasteiger partial charge in [0.25, 0.3) is 0 Å². The zero-order valence-corrected chi connectivity index (χ0v) is 30.2. The van der Waals surface area contributed by atoms with Gasteiger partial charge in [-0.15, -0.1) is 0 Å². The van der Waals surface area contributed by atoms with Crippen LogP contribution in [0.4, 0.5) is 0 Å². The molecule has 0 aliphatic heterocycles. The van der Waals surface area contributed by atoms with Crippen LogP contribution < -0.4 is 0 Å². The minimum atomic E-state index is 0.604. The van der Waals surface area contributed by atoms with Crippen molar-refractivity contribution < 1.29 is 4.42 Å². The highest BCUT2D eigenvalue weighted by Gasteiger charge is 2.23. The molecule has 56 heavy (non-hydrogen) atoms. The van der Waals surface area contributed by atoms with Gasteiger partial charge >= 0.3 is 0 Å². The monoisotopic (exact) mass is 716 g/mol. The van der Waals surface area contributed by atoms with Crippen molar-refractivity contribution in [2.24, 2.45) is 0 Å². The molecule has 3 heterocycles. The first-order valence-electron chi connectivity index (χ1n) is 18.8. The lowest BCUT2D eigenvalue weighted by Crippen LogP contribution is -2.00. The minimum Gasteiger partial charge on any atom is -0.455 e. The quantitative estimate of drug-likeness (QED) is 0.172. The number of hydrogen-bond acceptors (Lipinski definition) is 4. The number of rotatable bonds is 6. The van der Waals surface area contributed by atoms with Crippen LogP contribution in [0.3, 0.4) is 0 Å². The summed E-state index contributed by atoms with van der Waals surface area (Å²) in [4.78, 5) is 14.9. The second kappa shape index (κ2) is 13.0. The molecule has 8 aromatic carbocycles. The molecule has 11 aromatic rings. The molecule has 3 aromatic heterocycles. The molecular formula is C51H32N4O. The lowest BCUT2D eigenvalue weighted by molar-refractivity contribution is 0.670. The summed E-state index contributed by atoms with van der Waals surface area (Å²) in [5.74, 6) is 1.86. The molecule has 262 valence electrons. The van der Waals surface area contributed by atoms with Gasteiger partial charge in [0, 0.05) is 49.4 Å². The van der Waals surface area contributed by atoms with E-state index in [2.05, 4.69) is 126 Å². The van der Waals surface area contributed by atoms with Crippen molar-refractivity contribution >= 4 is 43.7 Å². The first kappa shape index (κ1) is 31.9. The smallest absolute Gasteiger partial charge is 0.164 e. The maximum atomic E-state index is 6.93. The Morgan fingerprint density at radius 3 is 1.59 bits per heavy atom. The van der Waals surface area contributed by atoms with Crippen molar-refractivity contribution in [2.45, 2.75) is 0 Å². The molecule has 0 N–H and O–H groups in total. The Morgan fingerprint density at radius 2 is 0.929 bits per heavy atom. The van der Waals surface area contributed by atoms with Gasteiger partial charge in [-0.2, -0.15) is 0 Å². The van der Waals surface area contributed by atoms with E-state index in [1.54, 1.807) is 0 Å². The van der Waals surface area contributed by atoms with Gasteiger partial charge < -0.3 is 8.98 Å². The zero-order valence-electron chi connectivity index (χ0n) is 30.2. The fourth-order valence-electron chi connectivity index (χ4n) is 8.10. The van der Waals surface area contributed by atoms with Gasteiger partial charge in [0.15, 0.2) is 17.5 Å². The minimum absolute atomic E-state index is 0.604. The van der Waals surface area contributed by atoms with Gasteiger partial charge in [0.1, 0.15) is 11.2 Å². The van der Waals surface area contributed by atoms with Crippen molar-refractivity contribution in [3.63, 3.8) is 0 Å². The fraction of sp³-hybridized carbons (Fsp3) is 0. The first-order valence-corrected chi connectivity index (χ1v) is 18.8. The predicted octanol–water partition coefficient (Wildman–Crippen LogP) is 13.2. The van der Waals surface area contributed by atoms with E-state index in [0.29, 0.717) is 17.5 Å². The average Bonchev–Trinajstić information content (AvgIpc) is 3.82. The third kappa shape index (κ3) is 5.21. The third-order valence-electron chi connectivity index (χ3n) is 10.7. The second-order valence-electron chi connectivity index (χ2n) is 14.0. The number of fused-ring (bicyclic) bond motifs is 6. The Kier molecular flexibility index (Phi) is 7.42. The number of benzene rings is 8. The molecule has 0 amide bonds. The maximum absolute atomic E-state index is 6.93. The Balaban J connectivity index is 1.17. The summed E-state index contributed by atoms with van der Waals surface area (Å²) >= 11 is 0. The van der Waals surface area contributed by atoms with E-state index in [9.17, 15) is 0 Å². The molecule has 5 heteroatoms. The van der Waals surface area contributed by atoms with Crippen LogP contribution in [0.2, 0.25) is 0 Å². The van der Waals surface area contributed by atoms with Crippen molar-refractivity contribution in [3.8, 4) is 62.1 Å². The van der Waals surface area contributed by atoms with E-state index in [4.69, 9.17) is 19.4 Å². The average molecular weight is 717 g/mol. The summed E-state index contributed by atoms with van der Waals surface area (Å²) in [7, 11) is 0. The normalized spacial score (nSPS) is 11.6. The summed E-state index contributed by atoms with van der Waals surface area (Å²) < 4.78 is 9.35. The van der Waals surface area contributed by atoms with Crippen molar-refractivity contribution in [3.05, 3.63) is 194 Å². The van der Waals surface area contributed by atoms with Gasteiger partial charge in [0.2, 0.25) is 0 Å². The molecule has 0 spiro atoms. The van der Waals surface area contributed by atoms with Gasteiger partial charge in [-0.05, 0) is 47.5 Å². The van der Waals surface area contributed by atoms with Crippen LogP contribution in [-0.2, 0) is 0 Å². The molecule has 0 radical (unpaired) electrons. The molecule has 0 fully saturated rings. The topological polar surface area (TPSA) is 56.7 Å². The van der Waals surface area contributed by atoms with Crippen LogP contribution in [0.25, 0.3) is 106 Å². The lowest BCUT2D eigenvalue weighted by Gasteiger charge is -2.16. The predicted molar refractivity (Wildman–Crippen MR) is 229 cm³/mol. The van der Waals surface area contributed by atoms with Gasteiger partial charge in [-0.25, -0.2) is 15.0 Å². The Labute approximate surface area is 322 Å². The molecule has 0 aliphatic carbocycles. The Bertz CT molecular complexity index is 3170. The van der Waals surface area contributed by atoms with E-state index in [-0.39, 0.29) is 0 Å². The van der Waals surface area contributed by atoms with Gasteiger partial charge in [-0.1, -0.05) is 158 Å². The summed E-state index contributed by atoms with van der Waals surface area (Å²) in [5, 5.41) is 4.43. The number of furan rings is 1. The van der Waals surface area contributed by atoms with Crippen LogP contribution in [0.1, 0.15) is 0 Å². The second-order valence-corrected chi connectivity index (χ2v) is 14.0. The number of hydrogen-bond donors (Lipinski definition) is 0. The SMILES string of the molecule is c1ccc(-c2nc(-c3ccccc3)nc(-c3ccc4oc5c(-c6ccccc6)c(-n6c7ccccc7c7cccc(-c8ccccc8)c76)ccc5c4c3)n2)cc1. The highest BCUT2D eigenvalue weighted by molar-refractivity contribution is 6.16. The van der Waals surface area contributed by atoms with Crippen molar-refractivity contribution in [1.29, 1.82) is 0 Å². The maximum Gasteiger partial charge on any atom is 0.164 e. The summed E-state index contributed by atoms with van der Waals surface area (Å²) in [5.41, 5.74) is 12.2. The third-order valence-corrected chi connectivity index (χ3v) is 10.7. The molecule has 0 atom stereocenters. The van der Waals surface area contributed by atoms with Crippen LogP contribution in [0, 0.1) is 0 Å². The summed E-state index contributed by atoms with van der Waals surface area (Å²) in [6.07, 6.45) is 0. The standard InChI is InChI=1S/C51H32N4O/c1-5-16-33(17-6-1)38-25-15-26-40-39-24-13-14-27-43(39)55(47(38)40)44-30-29-41-42-32-37(28-31-45(42)56-48(41)46(44)34-18-7-2-8-19-34)51-53-49(35-20-9-3-10-21-35)52-50(54-51)36-22-11-4-12-23-36/h1-32H. The van der Waals surface area contributed by atoms with E-state index in [0.717, 1.165) is 66.5 Å². The van der Waals surface area contributed by atoms with E-state index >= 15 is 0 Å². The van der Waals surface area contributed by atoms with E-state index in [1.165, 1.54) is 21.9 Å². The van der Waals surface area contributed by atoms with E-state index in [1.807, 2.05) is 72.8 Å². The molecule has 0 saturated carbocycles. The van der Waals surface area contributed by atoms with Crippen LogP contribution in [0.5, 0.6) is 0 Å². The molecule has 11 rings (SSSR count).